The van der Waals surface area contributed by atoms with E-state index in [-0.39, 0.29) is 94.6 Å². The predicted molar refractivity (Wildman–Crippen MR) is 256 cm³/mol. The summed E-state index contributed by atoms with van der Waals surface area (Å²) in [5.41, 5.74) is 1.57. The van der Waals surface area contributed by atoms with Crippen molar-refractivity contribution in [2.24, 2.45) is 17.8 Å². The number of aromatic nitrogens is 4. The Balaban J connectivity index is 1.11. The van der Waals surface area contributed by atoms with Gasteiger partial charge >= 0.3 is 37.3 Å². The van der Waals surface area contributed by atoms with Crippen LogP contribution in [0.2, 0.25) is 0 Å². The van der Waals surface area contributed by atoms with Crippen LogP contribution in [0.5, 0.6) is 0 Å². The van der Waals surface area contributed by atoms with Gasteiger partial charge in [0.2, 0.25) is 11.8 Å². The number of rotatable bonds is 22. The van der Waals surface area contributed by atoms with Crippen LogP contribution < -0.4 is 16.0 Å². The molecule has 72 heavy (non-hydrogen) atoms. The highest BCUT2D eigenvalue weighted by Crippen LogP contribution is 2.44. The zero-order valence-electron chi connectivity index (χ0n) is 40.7. The van der Waals surface area contributed by atoms with Gasteiger partial charge in [-0.25, -0.2) is 9.97 Å². The van der Waals surface area contributed by atoms with Crippen LogP contribution >= 0.6 is 0 Å². The average molecular weight is 988 g/mol. The molecule has 4 fully saturated rings. The van der Waals surface area contributed by atoms with Crippen LogP contribution in [-0.4, -0.2) is 147 Å². The number of ketones is 1. The van der Waals surface area contributed by atoms with Gasteiger partial charge in [-0.2, -0.15) is 0 Å². The highest BCUT2D eigenvalue weighted by Gasteiger charge is 2.74. The van der Waals surface area contributed by atoms with Gasteiger partial charge in [0, 0.05) is 43.5 Å². The lowest BCUT2D eigenvalue weighted by molar-refractivity contribution is -0.875. The summed E-state index contributed by atoms with van der Waals surface area (Å²) in [6.07, 6.45) is 8.49. The molecule has 8 rings (SSSR count). The van der Waals surface area contributed by atoms with E-state index in [0.717, 1.165) is 11.1 Å². The minimum Gasteiger partial charge on any atom is -0.599 e. The Morgan fingerprint density at radius 3 is 1.43 bits per heavy atom. The number of quaternary nitrogens is 2. The first-order valence-electron chi connectivity index (χ1n) is 24.4. The van der Waals surface area contributed by atoms with Crippen LogP contribution in [0.3, 0.4) is 0 Å². The van der Waals surface area contributed by atoms with Crippen molar-refractivity contribution in [2.45, 2.75) is 77.7 Å². The Morgan fingerprint density at radius 1 is 0.569 bits per heavy atom. The summed E-state index contributed by atoms with van der Waals surface area (Å²) in [4.78, 5) is 128. The molecule has 23 heteroatoms. The number of Topliss-reactive ketones (excluding diaryl/α,β-unsaturated/α-hetero) is 1. The summed E-state index contributed by atoms with van der Waals surface area (Å²) in [7, 11) is 0. The smallest absolute Gasteiger partial charge is 0.599 e. The molecule has 2 aromatic heterocycles. The highest BCUT2D eigenvalue weighted by atomic mass is 16.7. The van der Waals surface area contributed by atoms with Crippen LogP contribution in [0.25, 0.3) is 0 Å². The van der Waals surface area contributed by atoms with Crippen LogP contribution in [0.4, 0.5) is 0 Å². The third-order valence-electron chi connectivity index (χ3n) is 14.3. The molecule has 3 N–H and O–H groups in total. The normalized spacial score (nSPS) is 24.8. The van der Waals surface area contributed by atoms with Crippen molar-refractivity contribution in [3.8, 4) is 0 Å². The van der Waals surface area contributed by atoms with Gasteiger partial charge < -0.3 is 43.4 Å². The molecule has 0 aliphatic carbocycles. The Hall–Kier alpha value is -7.39. The Morgan fingerprint density at radius 2 is 1.00 bits per heavy atom. The zero-order chi connectivity index (χ0) is 51.3. The summed E-state index contributed by atoms with van der Waals surface area (Å²) >= 11 is 0. The van der Waals surface area contributed by atoms with Crippen molar-refractivity contribution in [1.29, 1.82) is 0 Å². The third kappa shape index (κ3) is 10.6. The second-order valence-corrected chi connectivity index (χ2v) is 20.3. The van der Waals surface area contributed by atoms with Crippen LogP contribution in [0.1, 0.15) is 79.1 Å². The SMILES string of the molecule is CC(C)C[C@H](NC(=O)[C@@H](CC(=O)c1cnccn1)Cc1ccccc1)[B-]12OC(=O)C[N+]1(CC[N+]13CC(=O)O[B-]1([C@H](CC(C)C)NC(=O)[C@H](Cc1ccccc1)NC(=O)c1cnccn1)OC(=O)C3)CC(=O)O2. The fraction of sp³-hybridized carbons (Fsp3) is 0.429. The monoisotopic (exact) mass is 987 g/mol. The van der Waals surface area contributed by atoms with E-state index >= 15 is 0 Å². The first kappa shape index (κ1) is 51.0. The van der Waals surface area contributed by atoms with E-state index < -0.39 is 93.4 Å². The molecule has 4 saturated heterocycles. The minimum absolute atomic E-state index is 0.0235. The van der Waals surface area contributed by atoms with Crippen LogP contribution in [0.15, 0.2) is 97.8 Å². The molecule has 0 unspecified atom stereocenters. The van der Waals surface area contributed by atoms with E-state index in [1.807, 2.05) is 64.1 Å². The molecule has 0 saturated carbocycles. The Kier molecular flexibility index (Phi) is 15.0. The number of hydrogen-bond acceptors (Lipinski definition) is 16. The van der Waals surface area contributed by atoms with Gasteiger partial charge in [-0.15, -0.1) is 0 Å². The number of carbonyl (C=O) groups is 8. The number of amides is 3. The maximum absolute atomic E-state index is 14.7. The summed E-state index contributed by atoms with van der Waals surface area (Å²) in [6, 6.07) is 17.0. The molecule has 0 bridgehead atoms. The molecule has 21 nitrogen and oxygen atoms in total. The van der Waals surface area contributed by atoms with Crippen molar-refractivity contribution in [1.82, 2.24) is 35.9 Å². The number of nitrogens with zero attached hydrogens (tertiary/aromatic N) is 6. The largest absolute Gasteiger partial charge is 0.605 e. The van der Waals surface area contributed by atoms with Gasteiger partial charge in [0.25, 0.3) is 5.91 Å². The molecular weight excluding hydrogens is 928 g/mol. The van der Waals surface area contributed by atoms with Crippen molar-refractivity contribution in [2.75, 3.05) is 39.3 Å². The van der Waals surface area contributed by atoms with Gasteiger partial charge in [-0.05, 0) is 42.2 Å². The van der Waals surface area contributed by atoms with Crippen molar-refractivity contribution >= 4 is 60.8 Å². The second-order valence-electron chi connectivity index (χ2n) is 20.3. The topological polar surface area (TPSA) is 261 Å². The quantitative estimate of drug-likeness (QED) is 0.0747. The number of nitrogens with one attached hydrogen (secondary N) is 3. The minimum atomic E-state index is -3.11. The fourth-order valence-corrected chi connectivity index (χ4v) is 11.1. The van der Waals surface area contributed by atoms with E-state index in [0.29, 0.717) is 0 Å². The second kappa shape index (κ2) is 21.1. The van der Waals surface area contributed by atoms with Gasteiger partial charge in [0.15, 0.2) is 5.78 Å². The first-order valence-corrected chi connectivity index (χ1v) is 24.4. The van der Waals surface area contributed by atoms with E-state index in [1.165, 1.54) is 37.2 Å². The van der Waals surface area contributed by atoms with E-state index in [2.05, 4.69) is 35.9 Å². The summed E-state index contributed by atoms with van der Waals surface area (Å²) in [5.74, 6) is -8.53. The summed E-state index contributed by atoms with van der Waals surface area (Å²) in [5, 5.41) is 8.90. The number of benzene rings is 2. The molecule has 2 aromatic carbocycles. The maximum atomic E-state index is 14.7. The molecule has 6 heterocycles. The summed E-state index contributed by atoms with van der Waals surface area (Å²) < 4.78 is 23.9. The molecule has 378 valence electrons. The Bertz CT molecular complexity index is 2460. The van der Waals surface area contributed by atoms with Gasteiger partial charge in [0.05, 0.1) is 37.4 Å². The van der Waals surface area contributed by atoms with Crippen LogP contribution in [-0.2, 0) is 60.2 Å². The van der Waals surface area contributed by atoms with E-state index in [1.54, 1.807) is 24.3 Å². The molecule has 4 aliphatic rings. The highest BCUT2D eigenvalue weighted by molar-refractivity contribution is 6.68. The predicted octanol–water partition coefficient (Wildman–Crippen LogP) is 1.62. The molecule has 0 radical (unpaired) electrons. The number of hydrogen-bond donors (Lipinski definition) is 3. The summed E-state index contributed by atoms with van der Waals surface area (Å²) in [6.45, 7) is -0.262. The third-order valence-corrected chi connectivity index (χ3v) is 14.3. The zero-order valence-corrected chi connectivity index (χ0v) is 40.7. The molecule has 4 aromatic rings. The van der Waals surface area contributed by atoms with Crippen molar-refractivity contribution in [3.63, 3.8) is 0 Å². The lowest BCUT2D eigenvalue weighted by atomic mass is 9.56. The number of carbonyl (C=O) groups excluding carboxylic acids is 8. The van der Waals surface area contributed by atoms with Gasteiger partial charge in [0.1, 0.15) is 43.6 Å². The lowest BCUT2D eigenvalue weighted by Gasteiger charge is -2.52. The number of fused-ring (bicyclic) bond motifs is 2. The first-order chi connectivity index (χ1) is 34.4. The average Bonchev–Trinajstić information content (AvgIpc) is 3.98. The van der Waals surface area contributed by atoms with Crippen molar-refractivity contribution < 1.29 is 65.8 Å². The standard InChI is InChI=1S/C49H59B2N9O12/c1-32(2)21-41(57-47(66)36(23-34-11-7-5-8-12-34)25-40(61)38-26-52-15-17-54-38)50-59(28-43(62)69-50,29-44(63)70-50)19-20-60-30-45(64)71-51(60,72-46(65)31-60)42(22-33(3)4)58-48(67)37(24-35-13-9-6-10-14-35)56-49(68)39-27-53-16-18-55-39/h5-18,26-27,32-33,36-37,41-42H,19-25,28-31H2,1-4H3,(H,56,68)(H,57,66)(H,58,67)/t36-,37+,41+,42+,50?,51?,59?,60?/m1/s1. The molecule has 3 amide bonds. The molecule has 0 spiro atoms. The lowest BCUT2D eigenvalue weighted by Crippen LogP contribution is -2.77. The molecular formula is C49H59B2N9O12. The molecule has 4 aliphatic heterocycles. The van der Waals surface area contributed by atoms with Crippen LogP contribution in [0, 0.1) is 17.8 Å². The molecule has 4 atom stereocenters. The fourth-order valence-electron chi connectivity index (χ4n) is 11.1. The van der Waals surface area contributed by atoms with Gasteiger partial charge in [-0.3, -0.25) is 48.3 Å². The van der Waals surface area contributed by atoms with E-state index in [4.69, 9.17) is 18.6 Å². The maximum Gasteiger partial charge on any atom is 0.605 e. The van der Waals surface area contributed by atoms with Gasteiger partial charge in [-0.1, -0.05) is 88.4 Å². The van der Waals surface area contributed by atoms with E-state index in [9.17, 15) is 38.4 Å². The van der Waals surface area contributed by atoms with Crippen molar-refractivity contribution in [3.05, 3.63) is 120 Å². The Labute approximate surface area is 416 Å².